The van der Waals surface area contributed by atoms with Gasteiger partial charge in [0.2, 0.25) is 15.9 Å². The normalized spacial score (nSPS) is 16.9. The van der Waals surface area contributed by atoms with Crippen LogP contribution in [0.2, 0.25) is 0 Å². The van der Waals surface area contributed by atoms with E-state index in [2.05, 4.69) is 5.32 Å². The average molecular weight is 415 g/mol. The Hall–Kier alpha value is -2.51. The summed E-state index contributed by atoms with van der Waals surface area (Å²) in [5.74, 6) is -0.204. The molecule has 0 unspecified atom stereocenters. The van der Waals surface area contributed by atoms with Gasteiger partial charge in [-0.1, -0.05) is 42.5 Å². The van der Waals surface area contributed by atoms with Gasteiger partial charge in [-0.25, -0.2) is 12.7 Å². The van der Waals surface area contributed by atoms with Crippen molar-refractivity contribution in [2.45, 2.75) is 32.1 Å². The number of amides is 1. The highest BCUT2D eigenvalue weighted by Gasteiger charge is 2.44. The molecule has 1 heterocycles. The number of hydrogen-bond acceptors (Lipinski definition) is 4. The summed E-state index contributed by atoms with van der Waals surface area (Å²) in [7, 11) is -3.29. The highest BCUT2D eigenvalue weighted by Crippen LogP contribution is 2.37. The van der Waals surface area contributed by atoms with Crippen molar-refractivity contribution in [3.8, 4) is 0 Å². The molecule has 0 spiro atoms. The minimum absolute atomic E-state index is 0.0510. The van der Waals surface area contributed by atoms with Crippen molar-refractivity contribution in [3.63, 3.8) is 0 Å². The minimum atomic E-state index is -3.29. The van der Waals surface area contributed by atoms with E-state index in [0.29, 0.717) is 37.2 Å². The van der Waals surface area contributed by atoms with Crippen LogP contribution in [0.15, 0.2) is 54.6 Å². The Labute approximate surface area is 172 Å². The molecule has 0 aromatic heterocycles. The lowest BCUT2D eigenvalue weighted by molar-refractivity contribution is -0.123. The van der Waals surface area contributed by atoms with E-state index in [0.717, 1.165) is 5.56 Å². The highest BCUT2D eigenvalue weighted by atomic mass is 32.2. The molecule has 3 rings (SSSR count). The van der Waals surface area contributed by atoms with Gasteiger partial charge in [-0.3, -0.25) is 9.59 Å². The minimum Gasteiger partial charge on any atom is -0.325 e. The third kappa shape index (κ3) is 4.41. The maximum absolute atomic E-state index is 13.4. The van der Waals surface area contributed by atoms with Crippen LogP contribution in [0.25, 0.3) is 0 Å². The van der Waals surface area contributed by atoms with Crippen molar-refractivity contribution in [2.24, 2.45) is 0 Å². The van der Waals surface area contributed by atoms with Gasteiger partial charge in [0.25, 0.3) is 0 Å². The van der Waals surface area contributed by atoms with Crippen LogP contribution in [-0.2, 0) is 20.2 Å². The molecule has 0 atom stereocenters. The van der Waals surface area contributed by atoms with E-state index in [1.54, 1.807) is 31.2 Å². The second kappa shape index (κ2) is 8.47. The van der Waals surface area contributed by atoms with Crippen LogP contribution in [-0.4, -0.2) is 43.3 Å². The lowest BCUT2D eigenvalue weighted by atomic mass is 9.72. The van der Waals surface area contributed by atoms with Crippen molar-refractivity contribution in [1.82, 2.24) is 4.31 Å². The first kappa shape index (κ1) is 21.2. The van der Waals surface area contributed by atoms with Crippen molar-refractivity contribution >= 4 is 27.4 Å². The number of nitrogens with one attached hydrogen (secondary N) is 1. The zero-order valence-corrected chi connectivity index (χ0v) is 17.5. The Bertz CT molecular complexity index is 994. The zero-order chi connectivity index (χ0) is 21.1. The second-order valence-electron chi connectivity index (χ2n) is 7.34. The number of nitrogens with zero attached hydrogens (tertiary/aromatic N) is 1. The summed E-state index contributed by atoms with van der Waals surface area (Å²) in [6.45, 7) is 3.71. The van der Waals surface area contributed by atoms with Gasteiger partial charge in [0.15, 0.2) is 5.78 Å². The summed E-state index contributed by atoms with van der Waals surface area (Å²) >= 11 is 0. The summed E-state index contributed by atoms with van der Waals surface area (Å²) in [6, 6.07) is 16.3. The van der Waals surface area contributed by atoms with E-state index in [1.807, 2.05) is 30.3 Å². The molecule has 1 aliphatic heterocycles. The number of ketones is 1. The fourth-order valence-corrected chi connectivity index (χ4v) is 4.90. The lowest BCUT2D eigenvalue weighted by Crippen LogP contribution is -2.51. The van der Waals surface area contributed by atoms with Gasteiger partial charge in [-0.05, 0) is 44.4 Å². The Balaban J connectivity index is 1.90. The summed E-state index contributed by atoms with van der Waals surface area (Å²) in [5.41, 5.74) is 1.13. The average Bonchev–Trinajstić information content (AvgIpc) is 2.74. The fraction of sp³-hybridized carbons (Fsp3) is 0.364. The SMILES string of the molecule is CCS(=O)(=O)N1CCC(C(=O)Nc2cccc(C(C)=O)c2)(c2ccccc2)CC1. The van der Waals surface area contributed by atoms with Gasteiger partial charge < -0.3 is 5.32 Å². The molecule has 29 heavy (non-hydrogen) atoms. The fourth-order valence-electron chi connectivity index (χ4n) is 3.80. The number of carbonyl (C=O) groups is 2. The maximum Gasteiger partial charge on any atom is 0.235 e. The summed E-state index contributed by atoms with van der Waals surface area (Å²) in [4.78, 5) is 25.1. The zero-order valence-electron chi connectivity index (χ0n) is 16.7. The molecule has 1 amide bonds. The number of piperidine rings is 1. The Morgan fingerprint density at radius 2 is 1.69 bits per heavy atom. The van der Waals surface area contributed by atoms with Crippen molar-refractivity contribution in [2.75, 3.05) is 24.2 Å². The highest BCUT2D eigenvalue weighted by molar-refractivity contribution is 7.89. The van der Waals surface area contributed by atoms with Gasteiger partial charge in [0.1, 0.15) is 0 Å². The van der Waals surface area contributed by atoms with Gasteiger partial charge in [0.05, 0.1) is 11.2 Å². The molecule has 0 saturated carbocycles. The third-order valence-corrected chi connectivity index (χ3v) is 7.50. The first-order valence-electron chi connectivity index (χ1n) is 9.74. The third-order valence-electron chi connectivity index (χ3n) is 5.62. The molecule has 2 aromatic carbocycles. The van der Waals surface area contributed by atoms with E-state index < -0.39 is 15.4 Å². The van der Waals surface area contributed by atoms with Crippen molar-refractivity contribution in [1.29, 1.82) is 0 Å². The smallest absolute Gasteiger partial charge is 0.235 e. The van der Waals surface area contributed by atoms with E-state index in [1.165, 1.54) is 11.2 Å². The number of anilines is 1. The number of benzene rings is 2. The Morgan fingerprint density at radius 3 is 2.28 bits per heavy atom. The van der Waals surface area contributed by atoms with Gasteiger partial charge in [-0.15, -0.1) is 0 Å². The van der Waals surface area contributed by atoms with Crippen LogP contribution in [0.3, 0.4) is 0 Å². The summed E-state index contributed by atoms with van der Waals surface area (Å²) < 4.78 is 26.0. The van der Waals surface area contributed by atoms with Gasteiger partial charge in [-0.2, -0.15) is 0 Å². The first-order chi connectivity index (χ1) is 13.8. The molecule has 1 saturated heterocycles. The van der Waals surface area contributed by atoms with E-state index in [9.17, 15) is 18.0 Å². The number of hydrogen-bond donors (Lipinski definition) is 1. The molecule has 1 aliphatic rings. The molecule has 1 fully saturated rings. The van der Waals surface area contributed by atoms with Gasteiger partial charge in [0, 0.05) is 24.3 Å². The predicted molar refractivity (Wildman–Crippen MR) is 113 cm³/mol. The number of sulfonamides is 1. The van der Waals surface area contributed by atoms with Crippen LogP contribution in [0.4, 0.5) is 5.69 Å². The van der Waals surface area contributed by atoms with E-state index >= 15 is 0 Å². The molecular formula is C22H26N2O4S. The molecule has 0 aliphatic carbocycles. The molecule has 1 N–H and O–H groups in total. The summed E-state index contributed by atoms with van der Waals surface area (Å²) in [5, 5.41) is 2.95. The topological polar surface area (TPSA) is 83.6 Å². The monoisotopic (exact) mass is 414 g/mol. The molecule has 154 valence electrons. The standard InChI is InChI=1S/C22H26N2O4S/c1-3-29(27,28)24-14-12-22(13-15-24,19-9-5-4-6-10-19)21(26)23-20-11-7-8-18(16-20)17(2)25/h4-11,16H,3,12-15H2,1-2H3,(H,23,26). The first-order valence-corrected chi connectivity index (χ1v) is 11.4. The maximum atomic E-state index is 13.4. The van der Waals surface area contributed by atoms with E-state index in [-0.39, 0.29) is 17.4 Å². The number of rotatable bonds is 6. The molecule has 6 nitrogen and oxygen atoms in total. The second-order valence-corrected chi connectivity index (χ2v) is 9.60. The van der Waals surface area contributed by atoms with Gasteiger partial charge >= 0.3 is 0 Å². The molecule has 0 bridgehead atoms. The van der Waals surface area contributed by atoms with Crippen LogP contribution < -0.4 is 5.32 Å². The Morgan fingerprint density at radius 1 is 1.03 bits per heavy atom. The molecule has 7 heteroatoms. The molecular weight excluding hydrogens is 388 g/mol. The number of Topliss-reactive ketones (excluding diaryl/α,β-unsaturated/α-hetero) is 1. The lowest BCUT2D eigenvalue weighted by Gasteiger charge is -2.40. The van der Waals surface area contributed by atoms with Crippen LogP contribution >= 0.6 is 0 Å². The van der Waals surface area contributed by atoms with Crippen LogP contribution in [0.5, 0.6) is 0 Å². The van der Waals surface area contributed by atoms with Crippen LogP contribution in [0, 0.1) is 0 Å². The number of carbonyl (C=O) groups excluding carboxylic acids is 2. The quantitative estimate of drug-likeness (QED) is 0.736. The molecule has 0 radical (unpaired) electrons. The Kier molecular flexibility index (Phi) is 6.19. The van der Waals surface area contributed by atoms with Crippen LogP contribution in [0.1, 0.15) is 42.6 Å². The van der Waals surface area contributed by atoms with E-state index in [4.69, 9.17) is 0 Å². The summed E-state index contributed by atoms with van der Waals surface area (Å²) in [6.07, 6.45) is 0.795. The van der Waals surface area contributed by atoms with Crippen molar-refractivity contribution < 1.29 is 18.0 Å². The molecule has 2 aromatic rings. The largest absolute Gasteiger partial charge is 0.325 e. The predicted octanol–water partition coefficient (Wildman–Crippen LogP) is 3.21. The van der Waals surface area contributed by atoms with Crippen molar-refractivity contribution in [3.05, 3.63) is 65.7 Å².